The van der Waals surface area contributed by atoms with Crippen LogP contribution in [0.25, 0.3) is 0 Å². The number of nitrogens with zero attached hydrogens (tertiary/aromatic N) is 2. The largest absolute Gasteiger partial charge is 0.369 e. The fourth-order valence-corrected chi connectivity index (χ4v) is 9.24. The molecule has 3 saturated heterocycles. The van der Waals surface area contributed by atoms with E-state index in [1.54, 1.807) is 0 Å². The Labute approximate surface area is 242 Å². The van der Waals surface area contributed by atoms with E-state index in [1.807, 2.05) is 6.20 Å². The smallest absolute Gasteiger partial charge is 0.256 e. The molecule has 10 heteroatoms. The minimum absolute atomic E-state index is 0.0310. The standard InChI is InChI=1S/C31H47FN4O5/c1-35-10-4-7-20(35)8-9-33-31(38)22-17-36-24-13-18-5-2-3-6-19(18)14-25(24)41-30-27(34-16-26-39-11-12-40-26)23(32)15-21(28(30)36)29(22)37/h17-21,23-28,30,34H,2-16H2,1H3,(H,33,38). The zero-order valence-corrected chi connectivity index (χ0v) is 24.3. The van der Waals surface area contributed by atoms with Crippen LogP contribution < -0.4 is 10.6 Å². The number of halogens is 1. The summed E-state index contributed by atoms with van der Waals surface area (Å²) in [4.78, 5) is 32.0. The van der Waals surface area contributed by atoms with Crippen molar-refractivity contribution >= 4 is 11.7 Å². The van der Waals surface area contributed by atoms with Crippen LogP contribution in [-0.4, -0.2) is 110 Å². The molecule has 0 bridgehead atoms. The van der Waals surface area contributed by atoms with Crippen molar-refractivity contribution in [3.8, 4) is 0 Å². The van der Waals surface area contributed by atoms with E-state index in [-0.39, 0.29) is 41.9 Å². The monoisotopic (exact) mass is 574 g/mol. The second-order valence-electron chi connectivity index (χ2n) is 13.6. The molecule has 41 heavy (non-hydrogen) atoms. The number of carbonyl (C=O) groups is 2. The molecule has 3 saturated carbocycles. The van der Waals surface area contributed by atoms with Gasteiger partial charge in [-0.25, -0.2) is 4.39 Å². The predicted octanol–water partition coefficient (Wildman–Crippen LogP) is 2.15. The van der Waals surface area contributed by atoms with E-state index in [0.29, 0.717) is 44.2 Å². The Morgan fingerprint density at radius 3 is 2.61 bits per heavy atom. The van der Waals surface area contributed by atoms with Crippen molar-refractivity contribution < 1.29 is 28.2 Å². The Morgan fingerprint density at radius 2 is 1.85 bits per heavy atom. The first-order chi connectivity index (χ1) is 20.0. The molecule has 7 rings (SSSR count). The lowest BCUT2D eigenvalue weighted by atomic mass is 9.65. The number of hydrogen-bond donors (Lipinski definition) is 2. The lowest BCUT2D eigenvalue weighted by Crippen LogP contribution is -2.73. The quantitative estimate of drug-likeness (QED) is 0.447. The second-order valence-corrected chi connectivity index (χ2v) is 13.6. The maximum atomic E-state index is 16.0. The lowest BCUT2D eigenvalue weighted by Gasteiger charge is -2.61. The van der Waals surface area contributed by atoms with Crippen LogP contribution in [-0.2, 0) is 23.8 Å². The Balaban J connectivity index is 1.13. The normalized spacial score (nSPS) is 42.8. The molecule has 9 nitrogen and oxygen atoms in total. The maximum absolute atomic E-state index is 16.0. The average molecular weight is 575 g/mol. The first-order valence-corrected chi connectivity index (χ1v) is 16.3. The molecule has 10 atom stereocenters. The summed E-state index contributed by atoms with van der Waals surface area (Å²) in [5, 5.41) is 6.41. The average Bonchev–Trinajstić information content (AvgIpc) is 3.64. The number of amides is 1. The summed E-state index contributed by atoms with van der Waals surface area (Å²) in [6, 6.07) is -0.254. The molecule has 2 N–H and O–H groups in total. The van der Waals surface area contributed by atoms with E-state index in [2.05, 4.69) is 27.5 Å². The highest BCUT2D eigenvalue weighted by Crippen LogP contribution is 2.50. The van der Waals surface area contributed by atoms with Crippen LogP contribution in [0.4, 0.5) is 4.39 Å². The summed E-state index contributed by atoms with van der Waals surface area (Å²) in [7, 11) is 2.13. The molecule has 0 aromatic rings. The number of rotatable bonds is 7. The van der Waals surface area contributed by atoms with Crippen molar-refractivity contribution in [2.45, 2.75) is 113 Å². The van der Waals surface area contributed by atoms with E-state index in [0.717, 1.165) is 32.2 Å². The van der Waals surface area contributed by atoms with Gasteiger partial charge >= 0.3 is 0 Å². The number of fused-ring (bicyclic) bond motifs is 3. The van der Waals surface area contributed by atoms with E-state index >= 15 is 4.39 Å². The van der Waals surface area contributed by atoms with Gasteiger partial charge < -0.3 is 34.6 Å². The van der Waals surface area contributed by atoms with Gasteiger partial charge in [0.2, 0.25) is 0 Å². The highest BCUT2D eigenvalue weighted by atomic mass is 19.1. The molecule has 1 amide bonds. The zero-order chi connectivity index (χ0) is 28.1. The van der Waals surface area contributed by atoms with Gasteiger partial charge in [-0.05, 0) is 64.0 Å². The molecule has 4 heterocycles. The van der Waals surface area contributed by atoms with Crippen LogP contribution in [0.3, 0.4) is 0 Å². The highest BCUT2D eigenvalue weighted by Gasteiger charge is 2.59. The summed E-state index contributed by atoms with van der Waals surface area (Å²) in [6.07, 6.45) is 9.96. The third-order valence-corrected chi connectivity index (χ3v) is 11.4. The Hall–Kier alpha value is -1.59. The summed E-state index contributed by atoms with van der Waals surface area (Å²) < 4.78 is 34.0. The summed E-state index contributed by atoms with van der Waals surface area (Å²) in [5.74, 6) is 0.151. The molecule has 0 radical (unpaired) electrons. The number of alkyl halides is 1. The molecule has 3 aliphatic carbocycles. The van der Waals surface area contributed by atoms with Crippen LogP contribution in [0, 0.1) is 17.8 Å². The van der Waals surface area contributed by atoms with E-state index in [1.165, 1.54) is 32.1 Å². The van der Waals surface area contributed by atoms with E-state index < -0.39 is 30.5 Å². The van der Waals surface area contributed by atoms with Gasteiger partial charge in [-0.3, -0.25) is 9.59 Å². The molecule has 0 aromatic carbocycles. The molecule has 228 valence electrons. The Morgan fingerprint density at radius 1 is 1.07 bits per heavy atom. The number of nitrogens with one attached hydrogen (secondary N) is 2. The van der Waals surface area contributed by atoms with Crippen LogP contribution in [0.15, 0.2) is 11.8 Å². The fourth-order valence-electron chi connectivity index (χ4n) is 9.24. The molecule has 0 spiro atoms. The molecule has 6 fully saturated rings. The van der Waals surface area contributed by atoms with Gasteiger partial charge in [0.15, 0.2) is 12.1 Å². The number of Topliss-reactive ketones (excluding diaryl/α,β-unsaturated/α-hetero) is 1. The van der Waals surface area contributed by atoms with Crippen molar-refractivity contribution in [1.82, 2.24) is 20.4 Å². The van der Waals surface area contributed by atoms with Crippen molar-refractivity contribution in [3.63, 3.8) is 0 Å². The Bertz CT molecular complexity index is 1020. The summed E-state index contributed by atoms with van der Waals surface area (Å²) in [5.41, 5.74) is 0.197. The molecular weight excluding hydrogens is 527 g/mol. The summed E-state index contributed by atoms with van der Waals surface area (Å²) in [6.45, 7) is 3.10. The Kier molecular flexibility index (Phi) is 8.14. The number of hydrogen-bond acceptors (Lipinski definition) is 8. The van der Waals surface area contributed by atoms with E-state index in [4.69, 9.17) is 14.2 Å². The first-order valence-electron chi connectivity index (χ1n) is 16.3. The van der Waals surface area contributed by atoms with Crippen molar-refractivity contribution in [1.29, 1.82) is 0 Å². The fraction of sp³-hybridized carbons (Fsp3) is 0.871. The van der Waals surface area contributed by atoms with E-state index in [9.17, 15) is 9.59 Å². The first kappa shape index (κ1) is 28.2. The topological polar surface area (TPSA) is 92.4 Å². The number of morpholine rings is 1. The number of ketones is 1. The predicted molar refractivity (Wildman–Crippen MR) is 150 cm³/mol. The zero-order valence-electron chi connectivity index (χ0n) is 24.3. The number of ether oxygens (including phenoxy) is 3. The number of likely N-dealkylation sites (tertiary alicyclic amines) is 1. The van der Waals surface area contributed by atoms with Crippen molar-refractivity contribution in [3.05, 3.63) is 11.8 Å². The van der Waals surface area contributed by atoms with Gasteiger partial charge in [0.1, 0.15) is 6.17 Å². The van der Waals surface area contributed by atoms with Gasteiger partial charge in [0.05, 0.1) is 49.1 Å². The minimum Gasteiger partial charge on any atom is -0.369 e. The third kappa shape index (κ3) is 5.37. The maximum Gasteiger partial charge on any atom is 0.256 e. The van der Waals surface area contributed by atoms with Crippen molar-refractivity contribution in [2.75, 3.05) is 39.9 Å². The van der Waals surface area contributed by atoms with Crippen LogP contribution in [0.5, 0.6) is 0 Å². The molecule has 10 unspecified atom stereocenters. The SMILES string of the molecule is CN1CCCC1CCNC(=O)C1=CN2C3CC4CCCCC4CC3OC3C(NCC4OCCO4)C(F)CC(C1=O)C32. The third-order valence-electron chi connectivity index (χ3n) is 11.4. The minimum atomic E-state index is -1.27. The molecular formula is C31H47FN4O5. The van der Waals surface area contributed by atoms with Gasteiger partial charge in [-0.1, -0.05) is 25.7 Å². The molecule has 4 aliphatic heterocycles. The van der Waals surface area contributed by atoms with Crippen LogP contribution >= 0.6 is 0 Å². The lowest BCUT2D eigenvalue weighted by molar-refractivity contribution is -0.209. The van der Waals surface area contributed by atoms with Gasteiger partial charge in [-0.2, -0.15) is 0 Å². The second kappa shape index (κ2) is 11.8. The molecule has 0 aromatic heterocycles. The van der Waals surface area contributed by atoms with Crippen molar-refractivity contribution in [2.24, 2.45) is 17.8 Å². The molecule has 7 aliphatic rings. The highest BCUT2D eigenvalue weighted by molar-refractivity contribution is 6.20. The van der Waals surface area contributed by atoms with Crippen LogP contribution in [0.1, 0.15) is 64.2 Å². The van der Waals surface area contributed by atoms with Gasteiger partial charge in [0.25, 0.3) is 5.91 Å². The number of carbonyl (C=O) groups excluding carboxylic acids is 2. The van der Waals surface area contributed by atoms with Gasteiger partial charge in [0, 0.05) is 31.2 Å². The van der Waals surface area contributed by atoms with Crippen LogP contribution in [0.2, 0.25) is 0 Å². The summed E-state index contributed by atoms with van der Waals surface area (Å²) >= 11 is 0. The van der Waals surface area contributed by atoms with Gasteiger partial charge in [-0.15, -0.1) is 0 Å².